The van der Waals surface area contributed by atoms with Gasteiger partial charge in [-0.05, 0) is 63.2 Å². The molecule has 0 unspecified atom stereocenters. The average Bonchev–Trinajstić information content (AvgIpc) is 2.34. The lowest BCUT2D eigenvalue weighted by atomic mass is 9.72. The van der Waals surface area contributed by atoms with Gasteiger partial charge in [-0.15, -0.1) is 13.2 Å². The molecule has 2 N–H and O–H groups in total. The smallest absolute Gasteiger partial charge is 0.0540 e. The standard InChI is InChI=1S/C12H22O2.C2H4/c13-11-5-1-9(2-6-11)10-3-7-12(14)8-4-10;1-2/h9-14H,1-8H2;1-2H2. The Balaban J connectivity index is 0.000000606. The summed E-state index contributed by atoms with van der Waals surface area (Å²) >= 11 is 0. The van der Waals surface area contributed by atoms with Gasteiger partial charge in [-0.2, -0.15) is 0 Å². The fourth-order valence-corrected chi connectivity index (χ4v) is 3.15. The molecule has 0 bridgehead atoms. The molecule has 2 aliphatic carbocycles. The molecular weight excluding hydrogens is 200 g/mol. The molecule has 2 saturated carbocycles. The van der Waals surface area contributed by atoms with Crippen LogP contribution in [0.3, 0.4) is 0 Å². The lowest BCUT2D eigenvalue weighted by Gasteiger charge is -2.35. The maximum Gasteiger partial charge on any atom is 0.0540 e. The molecule has 0 aromatic rings. The van der Waals surface area contributed by atoms with E-state index in [9.17, 15) is 10.2 Å². The summed E-state index contributed by atoms with van der Waals surface area (Å²) in [6, 6.07) is 0. The first-order chi connectivity index (χ1) is 7.75. The van der Waals surface area contributed by atoms with Gasteiger partial charge in [0, 0.05) is 0 Å². The van der Waals surface area contributed by atoms with Gasteiger partial charge < -0.3 is 10.2 Å². The molecule has 2 rings (SSSR count). The van der Waals surface area contributed by atoms with Crippen molar-refractivity contribution in [1.29, 1.82) is 0 Å². The van der Waals surface area contributed by atoms with Gasteiger partial charge in [-0.3, -0.25) is 0 Å². The van der Waals surface area contributed by atoms with Crippen molar-refractivity contribution in [3.05, 3.63) is 13.2 Å². The lowest BCUT2D eigenvalue weighted by molar-refractivity contribution is 0.0543. The molecule has 2 fully saturated rings. The van der Waals surface area contributed by atoms with Gasteiger partial charge in [0.05, 0.1) is 12.2 Å². The van der Waals surface area contributed by atoms with Crippen molar-refractivity contribution in [1.82, 2.24) is 0 Å². The molecule has 2 aliphatic rings. The van der Waals surface area contributed by atoms with Crippen LogP contribution in [0, 0.1) is 11.8 Å². The fraction of sp³-hybridized carbons (Fsp3) is 0.857. The Bertz CT molecular complexity index is 157. The van der Waals surface area contributed by atoms with Gasteiger partial charge in [0.1, 0.15) is 0 Å². The predicted molar refractivity (Wildman–Crippen MR) is 67.2 cm³/mol. The van der Waals surface area contributed by atoms with E-state index in [0.717, 1.165) is 37.5 Å². The molecule has 0 aromatic heterocycles. The van der Waals surface area contributed by atoms with Gasteiger partial charge in [-0.25, -0.2) is 0 Å². The highest BCUT2D eigenvalue weighted by molar-refractivity contribution is 4.81. The third-order valence-corrected chi connectivity index (χ3v) is 4.15. The molecule has 94 valence electrons. The third-order valence-electron chi connectivity index (χ3n) is 4.15. The van der Waals surface area contributed by atoms with Crippen molar-refractivity contribution < 1.29 is 10.2 Å². The van der Waals surface area contributed by atoms with Crippen LogP contribution in [0.1, 0.15) is 51.4 Å². The highest BCUT2D eigenvalue weighted by Crippen LogP contribution is 2.38. The van der Waals surface area contributed by atoms with Crippen molar-refractivity contribution in [2.45, 2.75) is 63.6 Å². The maximum atomic E-state index is 9.43. The van der Waals surface area contributed by atoms with Crippen LogP contribution in [0.2, 0.25) is 0 Å². The van der Waals surface area contributed by atoms with Crippen LogP contribution < -0.4 is 0 Å². The molecule has 2 nitrogen and oxygen atoms in total. The van der Waals surface area contributed by atoms with Crippen molar-refractivity contribution in [3.8, 4) is 0 Å². The Hall–Kier alpha value is -0.340. The molecule has 0 amide bonds. The van der Waals surface area contributed by atoms with Crippen LogP contribution in [-0.4, -0.2) is 22.4 Å². The van der Waals surface area contributed by atoms with Gasteiger partial charge in [-0.1, -0.05) is 0 Å². The number of hydrogen-bond acceptors (Lipinski definition) is 2. The summed E-state index contributed by atoms with van der Waals surface area (Å²) in [7, 11) is 0. The van der Waals surface area contributed by atoms with Crippen LogP contribution >= 0.6 is 0 Å². The molecule has 16 heavy (non-hydrogen) atoms. The van der Waals surface area contributed by atoms with E-state index < -0.39 is 0 Å². The molecule has 0 aromatic carbocycles. The van der Waals surface area contributed by atoms with Crippen molar-refractivity contribution in [3.63, 3.8) is 0 Å². The lowest BCUT2D eigenvalue weighted by Crippen LogP contribution is -2.28. The monoisotopic (exact) mass is 226 g/mol. The number of hydrogen-bond donors (Lipinski definition) is 2. The second-order valence-corrected chi connectivity index (χ2v) is 5.14. The van der Waals surface area contributed by atoms with E-state index in [1.54, 1.807) is 0 Å². The summed E-state index contributed by atoms with van der Waals surface area (Å²) in [5.41, 5.74) is 0. The highest BCUT2D eigenvalue weighted by Gasteiger charge is 2.29. The zero-order chi connectivity index (χ0) is 12.0. The van der Waals surface area contributed by atoms with E-state index in [-0.39, 0.29) is 12.2 Å². The molecule has 0 saturated heterocycles. The van der Waals surface area contributed by atoms with Gasteiger partial charge >= 0.3 is 0 Å². The van der Waals surface area contributed by atoms with Crippen LogP contribution in [0.4, 0.5) is 0 Å². The van der Waals surface area contributed by atoms with E-state index in [1.807, 2.05) is 0 Å². The molecule has 2 heteroatoms. The molecule has 0 heterocycles. The first kappa shape index (κ1) is 13.7. The van der Waals surface area contributed by atoms with Crippen LogP contribution in [0.25, 0.3) is 0 Å². The zero-order valence-corrected chi connectivity index (χ0v) is 10.3. The van der Waals surface area contributed by atoms with Crippen LogP contribution in [0.5, 0.6) is 0 Å². The van der Waals surface area contributed by atoms with E-state index in [2.05, 4.69) is 13.2 Å². The molecular formula is C14H26O2. The summed E-state index contributed by atoms with van der Waals surface area (Å²) in [4.78, 5) is 0. The molecule has 0 atom stereocenters. The van der Waals surface area contributed by atoms with Crippen LogP contribution in [-0.2, 0) is 0 Å². The number of aliphatic hydroxyl groups is 2. The second kappa shape index (κ2) is 7.08. The minimum Gasteiger partial charge on any atom is -0.393 e. The Morgan fingerprint density at radius 2 is 0.812 bits per heavy atom. The fourth-order valence-electron chi connectivity index (χ4n) is 3.15. The Morgan fingerprint density at radius 1 is 0.562 bits per heavy atom. The maximum absolute atomic E-state index is 9.43. The van der Waals surface area contributed by atoms with E-state index in [4.69, 9.17) is 0 Å². The number of rotatable bonds is 1. The first-order valence-corrected chi connectivity index (χ1v) is 6.62. The predicted octanol–water partition coefficient (Wildman–Crippen LogP) is 2.89. The van der Waals surface area contributed by atoms with Gasteiger partial charge in [0.25, 0.3) is 0 Å². The first-order valence-electron chi connectivity index (χ1n) is 6.62. The zero-order valence-electron chi connectivity index (χ0n) is 10.3. The van der Waals surface area contributed by atoms with Crippen LogP contribution in [0.15, 0.2) is 13.2 Å². The van der Waals surface area contributed by atoms with E-state index in [1.165, 1.54) is 25.7 Å². The van der Waals surface area contributed by atoms with Crippen molar-refractivity contribution in [2.24, 2.45) is 11.8 Å². The van der Waals surface area contributed by atoms with Crippen molar-refractivity contribution >= 4 is 0 Å². The normalized spacial score (nSPS) is 39.6. The van der Waals surface area contributed by atoms with Gasteiger partial charge in [0.2, 0.25) is 0 Å². The Morgan fingerprint density at radius 3 is 1.06 bits per heavy atom. The molecule has 0 spiro atoms. The number of aliphatic hydroxyl groups excluding tert-OH is 2. The summed E-state index contributed by atoms with van der Waals surface area (Å²) in [6.07, 6.45) is 8.80. The molecule has 0 radical (unpaired) electrons. The van der Waals surface area contributed by atoms with Gasteiger partial charge in [0.15, 0.2) is 0 Å². The summed E-state index contributed by atoms with van der Waals surface area (Å²) in [5.74, 6) is 1.68. The quantitative estimate of drug-likeness (QED) is 0.675. The molecule has 0 aliphatic heterocycles. The average molecular weight is 226 g/mol. The SMILES string of the molecule is C=C.OC1CCC(C2CCC(O)CC2)CC1. The second-order valence-electron chi connectivity index (χ2n) is 5.14. The Labute approximate surface area is 99.4 Å². The summed E-state index contributed by atoms with van der Waals surface area (Å²) < 4.78 is 0. The third kappa shape index (κ3) is 3.91. The highest BCUT2D eigenvalue weighted by atomic mass is 16.3. The van der Waals surface area contributed by atoms with Crippen molar-refractivity contribution in [2.75, 3.05) is 0 Å². The van der Waals surface area contributed by atoms with E-state index >= 15 is 0 Å². The van der Waals surface area contributed by atoms with E-state index in [0.29, 0.717) is 0 Å². The minimum atomic E-state index is -0.0274. The minimum absolute atomic E-state index is 0.0274. The topological polar surface area (TPSA) is 40.5 Å². The Kier molecular flexibility index (Phi) is 6.07. The largest absolute Gasteiger partial charge is 0.393 e. The summed E-state index contributed by atoms with van der Waals surface area (Å²) in [5, 5.41) is 18.9. The summed E-state index contributed by atoms with van der Waals surface area (Å²) in [6.45, 7) is 6.00.